The molecular formula is C18H20O2. The highest BCUT2D eigenvalue weighted by atomic mass is 16.5. The Morgan fingerprint density at radius 2 is 1.45 bits per heavy atom. The van der Waals surface area contributed by atoms with Gasteiger partial charge in [0.15, 0.2) is 0 Å². The maximum Gasteiger partial charge on any atom is 0.0717 e. The highest BCUT2D eigenvalue weighted by molar-refractivity contribution is 5.17. The molecule has 0 N–H and O–H groups in total. The molecule has 0 amide bonds. The van der Waals surface area contributed by atoms with Gasteiger partial charge in [-0.25, -0.2) is 0 Å². The van der Waals surface area contributed by atoms with Crippen molar-refractivity contribution in [2.45, 2.75) is 13.0 Å². The van der Waals surface area contributed by atoms with E-state index in [0.717, 1.165) is 26.2 Å². The van der Waals surface area contributed by atoms with Crippen molar-refractivity contribution in [2.24, 2.45) is 5.41 Å². The predicted molar refractivity (Wildman–Crippen MR) is 79.5 cm³/mol. The third-order valence-electron chi connectivity index (χ3n) is 3.76. The average molecular weight is 268 g/mol. The van der Waals surface area contributed by atoms with Crippen LogP contribution in [0.1, 0.15) is 11.1 Å². The van der Waals surface area contributed by atoms with Gasteiger partial charge in [-0.2, -0.15) is 0 Å². The molecule has 1 aliphatic heterocycles. The van der Waals surface area contributed by atoms with Gasteiger partial charge in [0.05, 0.1) is 26.4 Å². The fraction of sp³-hybridized carbons (Fsp3) is 0.333. The zero-order chi connectivity index (χ0) is 13.7. The first kappa shape index (κ1) is 13.3. The number of benzene rings is 2. The van der Waals surface area contributed by atoms with Crippen LogP contribution >= 0.6 is 0 Å². The summed E-state index contributed by atoms with van der Waals surface area (Å²) in [6.07, 6.45) is 1.03. The van der Waals surface area contributed by atoms with Crippen LogP contribution in [0.4, 0.5) is 0 Å². The normalized spacial score (nSPS) is 16.6. The van der Waals surface area contributed by atoms with Gasteiger partial charge in [-0.15, -0.1) is 0 Å². The number of rotatable bonds is 6. The molecule has 0 bridgehead atoms. The minimum atomic E-state index is 0.163. The maximum atomic E-state index is 5.92. The van der Waals surface area contributed by atoms with Crippen molar-refractivity contribution in [2.75, 3.05) is 19.8 Å². The second-order valence-electron chi connectivity index (χ2n) is 5.63. The van der Waals surface area contributed by atoms with Gasteiger partial charge in [0, 0.05) is 5.41 Å². The van der Waals surface area contributed by atoms with E-state index in [2.05, 4.69) is 42.5 Å². The highest BCUT2D eigenvalue weighted by Crippen LogP contribution is 2.32. The van der Waals surface area contributed by atoms with Gasteiger partial charge in [-0.3, -0.25) is 0 Å². The van der Waals surface area contributed by atoms with Crippen LogP contribution in [0.15, 0.2) is 60.7 Å². The van der Waals surface area contributed by atoms with Crippen LogP contribution in [0.5, 0.6) is 0 Å². The molecule has 1 aliphatic rings. The third kappa shape index (κ3) is 3.27. The van der Waals surface area contributed by atoms with Crippen molar-refractivity contribution >= 4 is 0 Å². The lowest BCUT2D eigenvalue weighted by molar-refractivity contribution is -0.150. The molecule has 0 spiro atoms. The van der Waals surface area contributed by atoms with Gasteiger partial charge in [0.2, 0.25) is 0 Å². The molecular weight excluding hydrogens is 248 g/mol. The largest absolute Gasteiger partial charge is 0.380 e. The summed E-state index contributed by atoms with van der Waals surface area (Å²) < 4.78 is 11.4. The summed E-state index contributed by atoms with van der Waals surface area (Å²) in [6, 6.07) is 20.9. The van der Waals surface area contributed by atoms with E-state index in [1.54, 1.807) is 0 Å². The second-order valence-corrected chi connectivity index (χ2v) is 5.63. The molecule has 0 aromatic heterocycles. The molecule has 20 heavy (non-hydrogen) atoms. The van der Waals surface area contributed by atoms with Gasteiger partial charge in [0.1, 0.15) is 0 Å². The highest BCUT2D eigenvalue weighted by Gasteiger charge is 2.38. The standard InChI is InChI=1S/C18H20O2/c1-3-7-16(8-4-1)11-18(14-20-15-18)13-19-12-17-9-5-2-6-10-17/h1-10H,11-15H2. The molecule has 2 aromatic rings. The monoisotopic (exact) mass is 268 g/mol. The molecule has 1 heterocycles. The molecule has 3 rings (SSSR count). The van der Waals surface area contributed by atoms with Crippen molar-refractivity contribution in [3.8, 4) is 0 Å². The molecule has 0 atom stereocenters. The van der Waals surface area contributed by atoms with E-state index < -0.39 is 0 Å². The Hall–Kier alpha value is -1.64. The molecule has 2 heteroatoms. The topological polar surface area (TPSA) is 18.5 Å². The molecule has 0 radical (unpaired) electrons. The summed E-state index contributed by atoms with van der Waals surface area (Å²) in [5, 5.41) is 0. The summed E-state index contributed by atoms with van der Waals surface area (Å²) in [6.45, 7) is 3.04. The Bertz CT molecular complexity index is 518. The first-order valence-electron chi connectivity index (χ1n) is 7.10. The van der Waals surface area contributed by atoms with Crippen molar-refractivity contribution in [3.05, 3.63) is 71.8 Å². The second kappa shape index (κ2) is 6.21. The average Bonchev–Trinajstić information content (AvgIpc) is 2.47. The lowest BCUT2D eigenvalue weighted by Crippen LogP contribution is -2.48. The van der Waals surface area contributed by atoms with Gasteiger partial charge in [0.25, 0.3) is 0 Å². The van der Waals surface area contributed by atoms with Crippen LogP contribution in [-0.4, -0.2) is 19.8 Å². The van der Waals surface area contributed by atoms with E-state index in [0.29, 0.717) is 6.61 Å². The van der Waals surface area contributed by atoms with E-state index >= 15 is 0 Å². The number of hydrogen-bond acceptors (Lipinski definition) is 2. The molecule has 1 fully saturated rings. The lowest BCUT2D eigenvalue weighted by atomic mass is 9.80. The molecule has 0 aliphatic carbocycles. The van der Waals surface area contributed by atoms with Crippen molar-refractivity contribution in [1.29, 1.82) is 0 Å². The minimum absolute atomic E-state index is 0.163. The Labute approximate surface area is 120 Å². The van der Waals surface area contributed by atoms with E-state index in [9.17, 15) is 0 Å². The SMILES string of the molecule is c1ccc(COCC2(Cc3ccccc3)COC2)cc1. The summed E-state index contributed by atoms with van der Waals surface area (Å²) in [7, 11) is 0. The first-order valence-corrected chi connectivity index (χ1v) is 7.10. The fourth-order valence-electron chi connectivity index (χ4n) is 2.62. The van der Waals surface area contributed by atoms with Crippen LogP contribution in [-0.2, 0) is 22.5 Å². The Kier molecular flexibility index (Phi) is 4.14. The van der Waals surface area contributed by atoms with E-state index in [4.69, 9.17) is 9.47 Å². The summed E-state index contributed by atoms with van der Waals surface area (Å²) in [4.78, 5) is 0. The molecule has 104 valence electrons. The summed E-state index contributed by atoms with van der Waals surface area (Å²) in [5.41, 5.74) is 2.75. The van der Waals surface area contributed by atoms with E-state index in [1.807, 2.05) is 18.2 Å². The number of hydrogen-bond donors (Lipinski definition) is 0. The summed E-state index contributed by atoms with van der Waals surface area (Å²) >= 11 is 0. The number of ether oxygens (including phenoxy) is 2. The van der Waals surface area contributed by atoms with E-state index in [1.165, 1.54) is 11.1 Å². The molecule has 0 saturated carbocycles. The first-order chi connectivity index (χ1) is 9.86. The zero-order valence-electron chi connectivity index (χ0n) is 11.6. The minimum Gasteiger partial charge on any atom is -0.380 e. The van der Waals surface area contributed by atoms with Crippen molar-refractivity contribution in [1.82, 2.24) is 0 Å². The molecule has 1 saturated heterocycles. The fourth-order valence-corrected chi connectivity index (χ4v) is 2.62. The van der Waals surface area contributed by atoms with Crippen LogP contribution in [0.25, 0.3) is 0 Å². The van der Waals surface area contributed by atoms with Crippen LogP contribution in [0.2, 0.25) is 0 Å². The van der Waals surface area contributed by atoms with Gasteiger partial charge < -0.3 is 9.47 Å². The molecule has 0 unspecified atom stereocenters. The van der Waals surface area contributed by atoms with Crippen LogP contribution in [0, 0.1) is 5.41 Å². The Morgan fingerprint density at radius 1 is 0.850 bits per heavy atom. The van der Waals surface area contributed by atoms with Crippen molar-refractivity contribution < 1.29 is 9.47 Å². The lowest BCUT2D eigenvalue weighted by Gasteiger charge is -2.41. The quantitative estimate of drug-likeness (QED) is 0.798. The maximum absolute atomic E-state index is 5.92. The molecule has 2 aromatic carbocycles. The molecule has 2 nitrogen and oxygen atoms in total. The Balaban J connectivity index is 1.54. The van der Waals surface area contributed by atoms with Gasteiger partial charge in [-0.05, 0) is 17.5 Å². The van der Waals surface area contributed by atoms with Crippen LogP contribution < -0.4 is 0 Å². The van der Waals surface area contributed by atoms with Crippen LogP contribution in [0.3, 0.4) is 0 Å². The van der Waals surface area contributed by atoms with Gasteiger partial charge in [-0.1, -0.05) is 60.7 Å². The predicted octanol–water partition coefficient (Wildman–Crippen LogP) is 3.46. The van der Waals surface area contributed by atoms with Crippen molar-refractivity contribution in [3.63, 3.8) is 0 Å². The summed E-state index contributed by atoms with van der Waals surface area (Å²) in [5.74, 6) is 0. The van der Waals surface area contributed by atoms with Gasteiger partial charge >= 0.3 is 0 Å². The zero-order valence-corrected chi connectivity index (χ0v) is 11.6. The Morgan fingerprint density at radius 3 is 2.00 bits per heavy atom. The third-order valence-corrected chi connectivity index (χ3v) is 3.76. The smallest absolute Gasteiger partial charge is 0.0717 e. The van der Waals surface area contributed by atoms with E-state index in [-0.39, 0.29) is 5.41 Å².